The van der Waals surface area contributed by atoms with Crippen molar-refractivity contribution in [2.24, 2.45) is 0 Å². The Kier molecular flexibility index (Phi) is 5.96. The molecule has 0 radical (unpaired) electrons. The van der Waals surface area contributed by atoms with Crippen molar-refractivity contribution in [2.75, 3.05) is 20.1 Å². The standard InChI is InChI=1S/C20H20FNO/c1-4-11-22(3)14-16(2)18-8-6-10-20(13-18)23-15-17-7-5-9-19(21)12-17/h1,5-10,12-13H,2,11,14-15H2,3H3/p+1. The lowest BCUT2D eigenvalue weighted by atomic mass is 10.1. The number of rotatable bonds is 7. The van der Waals surface area contributed by atoms with E-state index in [1.54, 1.807) is 6.07 Å². The minimum Gasteiger partial charge on any atom is -0.489 e. The number of nitrogens with one attached hydrogen (secondary N) is 1. The number of quaternary nitrogens is 1. The Hall–Kier alpha value is -2.57. The molecule has 0 heterocycles. The highest BCUT2D eigenvalue weighted by atomic mass is 19.1. The summed E-state index contributed by atoms with van der Waals surface area (Å²) in [6.07, 6.45) is 5.33. The molecular formula is C20H21FNO+. The van der Waals surface area contributed by atoms with Crippen LogP contribution < -0.4 is 9.64 Å². The molecule has 2 aromatic rings. The van der Waals surface area contributed by atoms with Gasteiger partial charge >= 0.3 is 0 Å². The van der Waals surface area contributed by atoms with Crippen LogP contribution in [0.5, 0.6) is 5.75 Å². The van der Waals surface area contributed by atoms with Crippen molar-refractivity contribution < 1.29 is 14.0 Å². The summed E-state index contributed by atoms with van der Waals surface area (Å²) >= 11 is 0. The fraction of sp³-hybridized carbons (Fsp3) is 0.200. The fourth-order valence-electron chi connectivity index (χ4n) is 2.30. The van der Waals surface area contributed by atoms with E-state index in [1.807, 2.05) is 37.4 Å². The molecule has 2 aromatic carbocycles. The highest BCUT2D eigenvalue weighted by Gasteiger charge is 2.07. The summed E-state index contributed by atoms with van der Waals surface area (Å²) in [7, 11) is 2.04. The first-order valence-electron chi connectivity index (χ1n) is 7.48. The van der Waals surface area contributed by atoms with E-state index < -0.39 is 0 Å². The number of hydrogen-bond donors (Lipinski definition) is 1. The first-order valence-corrected chi connectivity index (χ1v) is 7.48. The first kappa shape index (κ1) is 16.8. The lowest BCUT2D eigenvalue weighted by Gasteiger charge is -2.14. The lowest BCUT2D eigenvalue weighted by molar-refractivity contribution is -0.863. The summed E-state index contributed by atoms with van der Waals surface area (Å²) in [4.78, 5) is 1.21. The molecule has 1 atom stereocenters. The van der Waals surface area contributed by atoms with E-state index in [1.165, 1.54) is 17.0 Å². The number of hydrogen-bond acceptors (Lipinski definition) is 1. The maximum Gasteiger partial charge on any atom is 0.139 e. The number of likely N-dealkylation sites (N-methyl/N-ethyl adjacent to an activating group) is 1. The van der Waals surface area contributed by atoms with Crippen molar-refractivity contribution in [3.8, 4) is 18.1 Å². The van der Waals surface area contributed by atoms with Crippen LogP contribution >= 0.6 is 0 Å². The molecule has 3 heteroatoms. The number of terminal acetylenes is 1. The SMILES string of the molecule is C#CC[NH+](C)CC(=C)c1cccc(OCc2cccc(F)c2)c1. The first-order chi connectivity index (χ1) is 11.1. The third kappa shape index (κ3) is 5.28. The Morgan fingerprint density at radius 3 is 2.78 bits per heavy atom. The fourth-order valence-corrected chi connectivity index (χ4v) is 2.30. The van der Waals surface area contributed by atoms with Crippen molar-refractivity contribution >= 4 is 5.57 Å². The van der Waals surface area contributed by atoms with Crippen molar-refractivity contribution in [1.82, 2.24) is 0 Å². The highest BCUT2D eigenvalue weighted by Crippen LogP contribution is 2.19. The van der Waals surface area contributed by atoms with Crippen LogP contribution in [-0.2, 0) is 6.61 Å². The molecule has 0 aliphatic carbocycles. The monoisotopic (exact) mass is 310 g/mol. The third-order valence-corrected chi connectivity index (χ3v) is 3.46. The van der Waals surface area contributed by atoms with E-state index in [4.69, 9.17) is 11.2 Å². The van der Waals surface area contributed by atoms with Gasteiger partial charge in [0.1, 0.15) is 31.3 Å². The van der Waals surface area contributed by atoms with Gasteiger partial charge in [0.25, 0.3) is 0 Å². The molecule has 2 nitrogen and oxygen atoms in total. The second-order valence-electron chi connectivity index (χ2n) is 5.56. The molecular weight excluding hydrogens is 289 g/mol. The van der Waals surface area contributed by atoms with Gasteiger partial charge in [0, 0.05) is 5.57 Å². The molecule has 1 unspecified atom stereocenters. The summed E-state index contributed by atoms with van der Waals surface area (Å²) in [6.45, 7) is 5.89. The summed E-state index contributed by atoms with van der Waals surface area (Å²) in [6, 6.07) is 14.2. The molecule has 0 aliphatic rings. The van der Waals surface area contributed by atoms with Crippen LogP contribution in [0.25, 0.3) is 5.57 Å². The van der Waals surface area contributed by atoms with E-state index in [-0.39, 0.29) is 5.82 Å². The predicted octanol–water partition coefficient (Wildman–Crippen LogP) is 2.57. The van der Waals surface area contributed by atoms with E-state index in [9.17, 15) is 4.39 Å². The Bertz CT molecular complexity index is 718. The molecule has 0 bridgehead atoms. The van der Waals surface area contributed by atoms with Gasteiger partial charge in [-0.15, -0.1) is 6.42 Å². The quantitative estimate of drug-likeness (QED) is 0.776. The average Bonchev–Trinajstić information content (AvgIpc) is 2.53. The van der Waals surface area contributed by atoms with Gasteiger partial charge in [-0.1, -0.05) is 30.8 Å². The molecule has 0 amide bonds. The average molecular weight is 310 g/mol. The Morgan fingerprint density at radius 2 is 2.04 bits per heavy atom. The highest BCUT2D eigenvalue weighted by molar-refractivity contribution is 5.65. The third-order valence-electron chi connectivity index (χ3n) is 3.46. The van der Waals surface area contributed by atoms with Crippen molar-refractivity contribution in [3.63, 3.8) is 0 Å². The molecule has 0 fully saturated rings. The predicted molar refractivity (Wildman–Crippen MR) is 91.7 cm³/mol. The number of ether oxygens (including phenoxy) is 1. The van der Waals surface area contributed by atoms with Crippen LogP contribution in [-0.4, -0.2) is 20.1 Å². The molecule has 23 heavy (non-hydrogen) atoms. The van der Waals surface area contributed by atoms with Crippen molar-refractivity contribution in [1.29, 1.82) is 0 Å². The van der Waals surface area contributed by atoms with Gasteiger partial charge in [-0.05, 0) is 41.3 Å². The van der Waals surface area contributed by atoms with Crippen LogP contribution in [0.2, 0.25) is 0 Å². The van der Waals surface area contributed by atoms with Crippen molar-refractivity contribution in [2.45, 2.75) is 6.61 Å². The summed E-state index contributed by atoms with van der Waals surface area (Å²) in [5, 5.41) is 0. The maximum atomic E-state index is 13.2. The van der Waals surface area contributed by atoms with Crippen LogP contribution in [0.1, 0.15) is 11.1 Å². The van der Waals surface area contributed by atoms with Crippen LogP contribution in [0.15, 0.2) is 55.1 Å². The topological polar surface area (TPSA) is 13.7 Å². The number of benzene rings is 2. The van der Waals surface area contributed by atoms with Crippen LogP contribution in [0.3, 0.4) is 0 Å². The molecule has 0 aromatic heterocycles. The molecule has 0 saturated carbocycles. The van der Waals surface area contributed by atoms with Gasteiger partial charge < -0.3 is 9.64 Å². The van der Waals surface area contributed by atoms with Crippen LogP contribution in [0.4, 0.5) is 4.39 Å². The zero-order valence-electron chi connectivity index (χ0n) is 13.3. The zero-order chi connectivity index (χ0) is 16.7. The summed E-state index contributed by atoms with van der Waals surface area (Å²) in [5.41, 5.74) is 2.83. The normalized spacial score (nSPS) is 11.5. The Labute approximate surface area is 137 Å². The second kappa shape index (κ2) is 8.17. The van der Waals surface area contributed by atoms with E-state index in [2.05, 4.69) is 12.5 Å². The van der Waals surface area contributed by atoms with E-state index >= 15 is 0 Å². The molecule has 1 N–H and O–H groups in total. The molecule has 0 spiro atoms. The maximum absolute atomic E-state index is 13.2. The van der Waals surface area contributed by atoms with Gasteiger partial charge in [-0.25, -0.2) is 4.39 Å². The van der Waals surface area contributed by atoms with Gasteiger partial charge in [0.15, 0.2) is 0 Å². The van der Waals surface area contributed by atoms with Gasteiger partial charge in [-0.2, -0.15) is 0 Å². The molecule has 118 valence electrons. The smallest absolute Gasteiger partial charge is 0.139 e. The Balaban J connectivity index is 1.99. The van der Waals surface area contributed by atoms with Gasteiger partial charge in [0.2, 0.25) is 0 Å². The molecule has 0 saturated heterocycles. The van der Waals surface area contributed by atoms with Crippen molar-refractivity contribution in [3.05, 3.63) is 72.1 Å². The second-order valence-corrected chi connectivity index (χ2v) is 5.56. The van der Waals surface area contributed by atoms with Crippen LogP contribution in [0, 0.1) is 18.2 Å². The minimum absolute atomic E-state index is 0.257. The van der Waals surface area contributed by atoms with E-state index in [0.717, 1.165) is 29.0 Å². The lowest BCUT2D eigenvalue weighted by Crippen LogP contribution is -3.08. The molecule has 2 rings (SSSR count). The minimum atomic E-state index is -0.257. The summed E-state index contributed by atoms with van der Waals surface area (Å²) in [5.74, 6) is 3.13. The number of halogens is 1. The zero-order valence-corrected chi connectivity index (χ0v) is 13.3. The van der Waals surface area contributed by atoms with Gasteiger partial charge in [0.05, 0.1) is 7.05 Å². The Morgan fingerprint density at radius 1 is 1.26 bits per heavy atom. The van der Waals surface area contributed by atoms with Gasteiger partial charge in [-0.3, -0.25) is 0 Å². The summed E-state index contributed by atoms with van der Waals surface area (Å²) < 4.78 is 18.9. The molecule has 0 aliphatic heterocycles. The largest absolute Gasteiger partial charge is 0.489 e. The van der Waals surface area contributed by atoms with E-state index in [0.29, 0.717) is 13.2 Å².